The third-order valence-electron chi connectivity index (χ3n) is 5.03. The van der Waals surface area contributed by atoms with Crippen LogP contribution in [0, 0.1) is 5.82 Å². The number of nitrogens with zero attached hydrogens (tertiary/aromatic N) is 4. The van der Waals surface area contributed by atoms with Crippen LogP contribution in [0.4, 0.5) is 4.39 Å². The molecule has 1 aromatic carbocycles. The molecule has 0 radical (unpaired) electrons. The first-order chi connectivity index (χ1) is 11.2. The summed E-state index contributed by atoms with van der Waals surface area (Å²) in [5.41, 5.74) is 0.303. The lowest BCUT2D eigenvalue weighted by molar-refractivity contribution is -0.135. The van der Waals surface area contributed by atoms with Crippen LogP contribution in [0.1, 0.15) is 37.3 Å². The van der Waals surface area contributed by atoms with Crippen LogP contribution in [0.3, 0.4) is 0 Å². The van der Waals surface area contributed by atoms with Gasteiger partial charge in [-0.2, -0.15) is 5.10 Å². The fourth-order valence-corrected chi connectivity index (χ4v) is 3.60. The molecule has 1 aliphatic heterocycles. The first kappa shape index (κ1) is 14.4. The summed E-state index contributed by atoms with van der Waals surface area (Å²) in [5.74, 6) is -0.145. The lowest BCUT2D eigenvalue weighted by atomic mass is 9.92. The second kappa shape index (κ2) is 5.44. The van der Waals surface area contributed by atoms with Gasteiger partial charge in [-0.3, -0.25) is 4.79 Å². The second-order valence-electron chi connectivity index (χ2n) is 6.52. The van der Waals surface area contributed by atoms with Crippen molar-refractivity contribution in [2.45, 2.75) is 37.1 Å². The van der Waals surface area contributed by atoms with Gasteiger partial charge in [0.25, 0.3) is 0 Å². The summed E-state index contributed by atoms with van der Waals surface area (Å²) in [5, 5.41) is 4.20. The van der Waals surface area contributed by atoms with Gasteiger partial charge >= 0.3 is 0 Å². The Morgan fingerprint density at radius 1 is 1.35 bits per heavy atom. The lowest BCUT2D eigenvalue weighted by Crippen LogP contribution is -2.45. The highest BCUT2D eigenvalue weighted by atomic mass is 19.1. The van der Waals surface area contributed by atoms with E-state index in [9.17, 15) is 9.18 Å². The van der Waals surface area contributed by atoms with Crippen LogP contribution in [0.25, 0.3) is 0 Å². The molecule has 2 heterocycles. The van der Waals surface area contributed by atoms with E-state index in [1.165, 1.54) is 18.5 Å². The summed E-state index contributed by atoms with van der Waals surface area (Å²) < 4.78 is 15.4. The second-order valence-corrected chi connectivity index (χ2v) is 6.52. The normalized spacial score (nSPS) is 22.8. The quantitative estimate of drug-likeness (QED) is 0.873. The Hall–Kier alpha value is -2.24. The molecule has 2 aliphatic rings. The van der Waals surface area contributed by atoms with E-state index in [-0.39, 0.29) is 17.8 Å². The van der Waals surface area contributed by atoms with E-state index in [1.54, 1.807) is 12.4 Å². The van der Waals surface area contributed by atoms with Crippen LogP contribution < -0.4 is 0 Å². The molecule has 1 aromatic heterocycles. The number of hydrogen-bond donors (Lipinski definition) is 0. The molecule has 2 aromatic rings. The molecule has 1 unspecified atom stereocenters. The molecule has 1 saturated heterocycles. The largest absolute Gasteiger partial charge is 0.340 e. The molecular formula is C17H19FN4O. The van der Waals surface area contributed by atoms with Crippen molar-refractivity contribution in [3.05, 3.63) is 48.3 Å². The van der Waals surface area contributed by atoms with E-state index < -0.39 is 5.41 Å². The molecule has 120 valence electrons. The van der Waals surface area contributed by atoms with Crippen molar-refractivity contribution >= 4 is 5.91 Å². The first-order valence-electron chi connectivity index (χ1n) is 8.09. The summed E-state index contributed by atoms with van der Waals surface area (Å²) in [6.07, 6.45) is 6.79. The van der Waals surface area contributed by atoms with Crippen LogP contribution in [-0.4, -0.2) is 38.7 Å². The number of rotatable bonds is 3. The van der Waals surface area contributed by atoms with E-state index in [4.69, 9.17) is 0 Å². The van der Waals surface area contributed by atoms with Crippen LogP contribution >= 0.6 is 0 Å². The van der Waals surface area contributed by atoms with E-state index in [0.717, 1.165) is 37.8 Å². The maximum absolute atomic E-state index is 13.5. The molecule has 23 heavy (non-hydrogen) atoms. The number of carbonyl (C=O) groups excluding carboxylic acids is 1. The van der Waals surface area contributed by atoms with E-state index in [0.29, 0.717) is 6.54 Å². The number of amides is 1. The van der Waals surface area contributed by atoms with Crippen LogP contribution in [-0.2, 0) is 10.2 Å². The lowest BCUT2D eigenvalue weighted by Gasteiger charge is -2.35. The fourth-order valence-electron chi connectivity index (χ4n) is 3.60. The highest BCUT2D eigenvalue weighted by Crippen LogP contribution is 2.50. The molecular weight excluding hydrogens is 295 g/mol. The summed E-state index contributed by atoms with van der Waals surface area (Å²) >= 11 is 0. The van der Waals surface area contributed by atoms with Gasteiger partial charge in [-0.25, -0.2) is 14.1 Å². The average molecular weight is 314 g/mol. The molecule has 1 aliphatic carbocycles. The monoisotopic (exact) mass is 314 g/mol. The number of aromatic nitrogens is 3. The fraction of sp³-hybridized carbons (Fsp3) is 0.471. The molecule has 2 fully saturated rings. The van der Waals surface area contributed by atoms with Crippen LogP contribution in [0.15, 0.2) is 36.9 Å². The molecule has 4 rings (SSSR count). The van der Waals surface area contributed by atoms with Crippen molar-refractivity contribution < 1.29 is 9.18 Å². The maximum atomic E-state index is 13.5. The maximum Gasteiger partial charge on any atom is 0.233 e. The molecule has 1 saturated carbocycles. The zero-order valence-corrected chi connectivity index (χ0v) is 12.9. The van der Waals surface area contributed by atoms with Crippen molar-refractivity contribution in [3.63, 3.8) is 0 Å². The SMILES string of the molecule is O=C(N1CCCC(n2cncn2)C1)C1(c2cccc(F)c2)CC1. The number of hydrogen-bond acceptors (Lipinski definition) is 3. The van der Waals surface area contributed by atoms with Gasteiger partial charge in [0, 0.05) is 13.1 Å². The van der Waals surface area contributed by atoms with Gasteiger partial charge in [-0.15, -0.1) is 0 Å². The van der Waals surface area contributed by atoms with Gasteiger partial charge < -0.3 is 4.90 Å². The number of benzene rings is 1. The Balaban J connectivity index is 1.54. The summed E-state index contributed by atoms with van der Waals surface area (Å²) in [7, 11) is 0. The Bertz CT molecular complexity index is 711. The minimum atomic E-state index is -0.508. The third-order valence-corrected chi connectivity index (χ3v) is 5.03. The van der Waals surface area contributed by atoms with E-state index in [1.807, 2.05) is 15.6 Å². The smallest absolute Gasteiger partial charge is 0.233 e. The average Bonchev–Trinajstić information content (AvgIpc) is 3.21. The van der Waals surface area contributed by atoms with Crippen molar-refractivity contribution in [3.8, 4) is 0 Å². The Labute approximate surface area is 134 Å². The number of halogens is 1. The molecule has 6 heteroatoms. The Morgan fingerprint density at radius 2 is 2.22 bits per heavy atom. The van der Waals surface area contributed by atoms with Gasteiger partial charge in [-0.05, 0) is 43.4 Å². The third kappa shape index (κ3) is 2.52. The van der Waals surface area contributed by atoms with Crippen molar-refractivity contribution in [1.29, 1.82) is 0 Å². The number of carbonyl (C=O) groups is 1. The molecule has 5 nitrogen and oxygen atoms in total. The molecule has 1 amide bonds. The zero-order valence-electron chi connectivity index (χ0n) is 12.9. The number of likely N-dealkylation sites (tertiary alicyclic amines) is 1. The molecule has 0 N–H and O–H groups in total. The van der Waals surface area contributed by atoms with Crippen LogP contribution in [0.5, 0.6) is 0 Å². The first-order valence-corrected chi connectivity index (χ1v) is 8.09. The molecule has 0 spiro atoms. The standard InChI is InChI=1S/C17H19FN4O/c18-14-4-1-3-13(9-14)17(6-7-17)16(23)21-8-2-5-15(10-21)22-12-19-11-20-22/h1,3-4,9,11-12,15H,2,5-8,10H2. The van der Waals surface area contributed by atoms with Gasteiger partial charge in [-0.1, -0.05) is 12.1 Å². The van der Waals surface area contributed by atoms with Crippen molar-refractivity contribution in [2.75, 3.05) is 13.1 Å². The predicted octanol–water partition coefficient (Wildman–Crippen LogP) is 2.31. The predicted molar refractivity (Wildman–Crippen MR) is 82.2 cm³/mol. The summed E-state index contributed by atoms with van der Waals surface area (Å²) in [4.78, 5) is 19.0. The Kier molecular flexibility index (Phi) is 3.39. The molecule has 1 atom stereocenters. The van der Waals surface area contributed by atoms with Gasteiger partial charge in [0.1, 0.15) is 18.5 Å². The molecule has 0 bridgehead atoms. The van der Waals surface area contributed by atoms with Gasteiger partial charge in [0.2, 0.25) is 5.91 Å². The van der Waals surface area contributed by atoms with E-state index in [2.05, 4.69) is 10.1 Å². The topological polar surface area (TPSA) is 51.0 Å². The van der Waals surface area contributed by atoms with E-state index >= 15 is 0 Å². The zero-order chi connectivity index (χ0) is 15.9. The van der Waals surface area contributed by atoms with Crippen molar-refractivity contribution in [2.24, 2.45) is 0 Å². The van der Waals surface area contributed by atoms with Crippen LogP contribution in [0.2, 0.25) is 0 Å². The summed E-state index contributed by atoms with van der Waals surface area (Å²) in [6, 6.07) is 6.66. The highest BCUT2D eigenvalue weighted by molar-refractivity contribution is 5.91. The summed E-state index contributed by atoms with van der Waals surface area (Å²) in [6.45, 7) is 1.42. The highest BCUT2D eigenvalue weighted by Gasteiger charge is 2.53. The minimum absolute atomic E-state index is 0.132. The number of piperidine rings is 1. The van der Waals surface area contributed by atoms with Gasteiger partial charge in [0.15, 0.2) is 0 Å². The van der Waals surface area contributed by atoms with Gasteiger partial charge in [0.05, 0.1) is 11.5 Å². The minimum Gasteiger partial charge on any atom is -0.340 e. The Morgan fingerprint density at radius 3 is 2.91 bits per heavy atom. The van der Waals surface area contributed by atoms with Crippen molar-refractivity contribution in [1.82, 2.24) is 19.7 Å².